The second kappa shape index (κ2) is 9.55. The summed E-state index contributed by atoms with van der Waals surface area (Å²) < 4.78 is 29.2. The number of benzene rings is 1. The number of carbonyl (C=O) groups is 1. The standard InChI is InChI=1S/C24H26ClF2N7O2/c1-12(33(4)22(35)15-11-29-18(10-16(15)25)24(2,3)36)6-5-7-19-30-21-14-8-13(26)9-17(27)20(14)31-23(28)34(21)32-19/h8-12,36H,5-7H2,1-4H3,(H2,28,31)/t12-/m0/s1. The molecule has 3 aromatic heterocycles. The van der Waals surface area contributed by atoms with Crippen LogP contribution in [0.2, 0.25) is 5.02 Å². The number of amides is 1. The topological polar surface area (TPSA) is 123 Å². The molecule has 4 aromatic rings. The summed E-state index contributed by atoms with van der Waals surface area (Å²) in [5, 5.41) is 14.8. The van der Waals surface area contributed by atoms with E-state index in [0.29, 0.717) is 30.8 Å². The zero-order valence-corrected chi connectivity index (χ0v) is 21.0. The first-order chi connectivity index (χ1) is 16.9. The molecule has 3 N–H and O–H groups in total. The number of aryl methyl sites for hydroxylation is 1. The van der Waals surface area contributed by atoms with E-state index in [4.69, 9.17) is 17.3 Å². The fourth-order valence-electron chi connectivity index (χ4n) is 3.87. The third-order valence-corrected chi connectivity index (χ3v) is 6.39. The highest BCUT2D eigenvalue weighted by Crippen LogP contribution is 2.26. The number of halogens is 3. The number of rotatable bonds is 7. The Morgan fingerprint density at radius 2 is 2.00 bits per heavy atom. The van der Waals surface area contributed by atoms with Gasteiger partial charge in [-0.25, -0.2) is 18.7 Å². The molecule has 36 heavy (non-hydrogen) atoms. The van der Waals surface area contributed by atoms with Gasteiger partial charge in [0.25, 0.3) is 5.91 Å². The Bertz CT molecular complexity index is 1470. The van der Waals surface area contributed by atoms with Gasteiger partial charge in [-0.1, -0.05) is 11.6 Å². The quantitative estimate of drug-likeness (QED) is 0.381. The van der Waals surface area contributed by atoms with Crippen LogP contribution in [0.4, 0.5) is 14.7 Å². The monoisotopic (exact) mass is 517 g/mol. The number of nitrogen functional groups attached to an aromatic ring is 1. The molecule has 0 saturated carbocycles. The highest BCUT2D eigenvalue weighted by atomic mass is 35.5. The Kier molecular flexibility index (Phi) is 6.80. The summed E-state index contributed by atoms with van der Waals surface area (Å²) in [5.41, 5.74) is 5.50. The summed E-state index contributed by atoms with van der Waals surface area (Å²) in [4.78, 5) is 27.1. The average Bonchev–Trinajstić information content (AvgIpc) is 3.23. The van der Waals surface area contributed by atoms with E-state index < -0.39 is 17.2 Å². The Balaban J connectivity index is 1.45. The van der Waals surface area contributed by atoms with Gasteiger partial charge in [-0.2, -0.15) is 4.52 Å². The first kappa shape index (κ1) is 25.6. The molecule has 9 nitrogen and oxygen atoms in total. The van der Waals surface area contributed by atoms with Crippen molar-refractivity contribution in [3.8, 4) is 0 Å². The number of anilines is 1. The van der Waals surface area contributed by atoms with Crippen molar-refractivity contribution in [3.63, 3.8) is 0 Å². The molecule has 0 bridgehead atoms. The first-order valence-corrected chi connectivity index (χ1v) is 11.7. The highest BCUT2D eigenvalue weighted by Gasteiger charge is 2.24. The molecule has 1 amide bonds. The van der Waals surface area contributed by atoms with Crippen LogP contribution in [0.1, 0.15) is 55.5 Å². The average molecular weight is 518 g/mol. The van der Waals surface area contributed by atoms with Crippen molar-refractivity contribution in [2.24, 2.45) is 0 Å². The SMILES string of the molecule is C[C@@H](CCCc1nc2c3cc(F)cc(F)c3nc(N)n2n1)N(C)C(=O)c1cnc(C(C)(C)O)cc1Cl. The minimum Gasteiger partial charge on any atom is -0.384 e. The number of nitrogens with zero attached hydrogens (tertiary/aromatic N) is 6. The molecule has 4 rings (SSSR count). The van der Waals surface area contributed by atoms with E-state index >= 15 is 0 Å². The molecule has 0 unspecified atom stereocenters. The maximum absolute atomic E-state index is 14.1. The van der Waals surface area contributed by atoms with Crippen LogP contribution in [0.3, 0.4) is 0 Å². The predicted octanol–water partition coefficient (Wildman–Crippen LogP) is 3.90. The van der Waals surface area contributed by atoms with Crippen LogP contribution >= 0.6 is 11.6 Å². The number of hydrogen-bond acceptors (Lipinski definition) is 7. The first-order valence-electron chi connectivity index (χ1n) is 11.3. The van der Waals surface area contributed by atoms with E-state index in [-0.39, 0.29) is 45.0 Å². The predicted molar refractivity (Wildman–Crippen MR) is 132 cm³/mol. The third-order valence-electron chi connectivity index (χ3n) is 6.08. The molecule has 190 valence electrons. The zero-order valence-electron chi connectivity index (χ0n) is 20.3. The smallest absolute Gasteiger partial charge is 0.256 e. The second-order valence-electron chi connectivity index (χ2n) is 9.28. The van der Waals surface area contributed by atoms with E-state index in [1.165, 1.54) is 16.8 Å². The van der Waals surface area contributed by atoms with Crippen LogP contribution in [-0.2, 0) is 12.0 Å². The maximum atomic E-state index is 14.1. The molecule has 0 aliphatic rings. The maximum Gasteiger partial charge on any atom is 0.256 e. The van der Waals surface area contributed by atoms with Gasteiger partial charge >= 0.3 is 0 Å². The summed E-state index contributed by atoms with van der Waals surface area (Å²) >= 11 is 6.30. The molecule has 0 aliphatic carbocycles. The lowest BCUT2D eigenvalue weighted by molar-refractivity contribution is 0.0713. The Morgan fingerprint density at radius 3 is 2.67 bits per heavy atom. The van der Waals surface area contributed by atoms with Crippen molar-refractivity contribution in [2.75, 3.05) is 12.8 Å². The molecular formula is C24H26ClF2N7O2. The van der Waals surface area contributed by atoms with E-state index in [1.54, 1.807) is 25.8 Å². The highest BCUT2D eigenvalue weighted by molar-refractivity contribution is 6.33. The second-order valence-corrected chi connectivity index (χ2v) is 9.69. The molecule has 0 aliphatic heterocycles. The van der Waals surface area contributed by atoms with Crippen LogP contribution in [-0.4, -0.2) is 53.6 Å². The summed E-state index contributed by atoms with van der Waals surface area (Å²) in [7, 11) is 1.68. The van der Waals surface area contributed by atoms with Gasteiger partial charge < -0.3 is 15.7 Å². The zero-order chi connectivity index (χ0) is 26.4. The van der Waals surface area contributed by atoms with Crippen molar-refractivity contribution >= 4 is 40.0 Å². The number of aliphatic hydroxyl groups is 1. The Morgan fingerprint density at radius 1 is 1.28 bits per heavy atom. The van der Waals surface area contributed by atoms with Crippen molar-refractivity contribution in [1.29, 1.82) is 0 Å². The van der Waals surface area contributed by atoms with Gasteiger partial charge in [-0.3, -0.25) is 9.78 Å². The molecule has 3 heterocycles. The van der Waals surface area contributed by atoms with Gasteiger partial charge in [0.2, 0.25) is 5.95 Å². The molecule has 0 saturated heterocycles. The van der Waals surface area contributed by atoms with Crippen LogP contribution in [0.5, 0.6) is 0 Å². The van der Waals surface area contributed by atoms with E-state index in [1.807, 2.05) is 6.92 Å². The fraction of sp³-hybridized carbons (Fsp3) is 0.375. The van der Waals surface area contributed by atoms with Crippen LogP contribution < -0.4 is 5.73 Å². The van der Waals surface area contributed by atoms with Crippen molar-refractivity contribution in [3.05, 3.63) is 58.1 Å². The molecule has 0 spiro atoms. The fourth-order valence-corrected chi connectivity index (χ4v) is 4.10. The Hall–Kier alpha value is -3.44. The van der Waals surface area contributed by atoms with Crippen LogP contribution in [0.25, 0.3) is 16.6 Å². The van der Waals surface area contributed by atoms with Gasteiger partial charge in [0.05, 0.1) is 21.7 Å². The number of fused-ring (bicyclic) bond motifs is 3. The van der Waals surface area contributed by atoms with Crippen molar-refractivity contribution < 1.29 is 18.7 Å². The summed E-state index contributed by atoms with van der Waals surface area (Å²) in [6.07, 6.45) is 3.08. The Labute approximate surface area is 210 Å². The lowest BCUT2D eigenvalue weighted by Crippen LogP contribution is -2.35. The van der Waals surface area contributed by atoms with Gasteiger partial charge in [0, 0.05) is 31.8 Å². The third kappa shape index (κ3) is 4.93. The normalized spacial score (nSPS) is 12.9. The van der Waals surface area contributed by atoms with Gasteiger partial charge in [0.1, 0.15) is 16.9 Å². The molecule has 0 radical (unpaired) electrons. The minimum atomic E-state index is -1.17. The lowest BCUT2D eigenvalue weighted by atomic mass is 10.0. The number of aromatic nitrogens is 5. The van der Waals surface area contributed by atoms with E-state index in [9.17, 15) is 18.7 Å². The summed E-state index contributed by atoms with van der Waals surface area (Å²) in [6.45, 7) is 5.08. The number of carbonyl (C=O) groups excluding carboxylic acids is 1. The number of hydrogen-bond donors (Lipinski definition) is 2. The number of nitrogens with two attached hydrogens (primary N) is 1. The molecular weight excluding hydrogens is 492 g/mol. The van der Waals surface area contributed by atoms with Gasteiger partial charge in [-0.15, -0.1) is 5.10 Å². The van der Waals surface area contributed by atoms with Crippen molar-refractivity contribution in [2.45, 2.75) is 51.7 Å². The van der Waals surface area contributed by atoms with Crippen LogP contribution in [0, 0.1) is 11.6 Å². The lowest BCUT2D eigenvalue weighted by Gasteiger charge is -2.25. The van der Waals surface area contributed by atoms with Crippen LogP contribution in [0.15, 0.2) is 24.4 Å². The summed E-state index contributed by atoms with van der Waals surface area (Å²) in [5.74, 6) is -1.47. The summed E-state index contributed by atoms with van der Waals surface area (Å²) in [6, 6.07) is 3.24. The van der Waals surface area contributed by atoms with Gasteiger partial charge in [0.15, 0.2) is 17.3 Å². The minimum absolute atomic E-state index is 0.0541. The van der Waals surface area contributed by atoms with Crippen molar-refractivity contribution in [1.82, 2.24) is 29.5 Å². The van der Waals surface area contributed by atoms with E-state index in [0.717, 1.165) is 12.1 Å². The molecule has 12 heteroatoms. The largest absolute Gasteiger partial charge is 0.384 e. The number of pyridine rings is 1. The molecule has 1 atom stereocenters. The molecule has 1 aromatic carbocycles. The van der Waals surface area contributed by atoms with E-state index in [2.05, 4.69) is 20.1 Å². The van der Waals surface area contributed by atoms with Gasteiger partial charge in [-0.05, 0) is 45.7 Å². The molecule has 0 fully saturated rings.